The Hall–Kier alpha value is -1.85. The van der Waals surface area contributed by atoms with Gasteiger partial charge in [0, 0.05) is 32.3 Å². The van der Waals surface area contributed by atoms with Gasteiger partial charge >= 0.3 is 0 Å². The number of ether oxygens (including phenoxy) is 1. The van der Waals surface area contributed by atoms with Gasteiger partial charge in [0.25, 0.3) is 0 Å². The number of aromatic nitrogens is 2. The van der Waals surface area contributed by atoms with Gasteiger partial charge < -0.3 is 15.4 Å². The molecule has 0 amide bonds. The molecule has 1 heterocycles. The van der Waals surface area contributed by atoms with Gasteiger partial charge in [-0.15, -0.1) is 0 Å². The Bertz CT molecular complexity index is 565. The first-order valence-electron chi connectivity index (χ1n) is 7.30. The van der Waals surface area contributed by atoms with Crippen molar-refractivity contribution in [1.82, 2.24) is 9.78 Å². The van der Waals surface area contributed by atoms with Gasteiger partial charge in [-0.2, -0.15) is 5.10 Å². The Morgan fingerprint density at radius 3 is 2.57 bits per heavy atom. The van der Waals surface area contributed by atoms with Gasteiger partial charge in [-0.25, -0.2) is 4.68 Å². The standard InChI is InChI=1S/C16H24N4O/c1-4-19(10-11-21-3)16-15(12-17)13(2)18-20(16)14-8-6-5-7-9-14/h5-9H,4,10-12,17H2,1-3H3. The first-order valence-corrected chi connectivity index (χ1v) is 7.30. The summed E-state index contributed by atoms with van der Waals surface area (Å²) in [5.41, 5.74) is 9.07. The minimum absolute atomic E-state index is 0.484. The quantitative estimate of drug-likeness (QED) is 0.848. The summed E-state index contributed by atoms with van der Waals surface area (Å²) in [5, 5.41) is 4.68. The van der Waals surface area contributed by atoms with E-state index in [-0.39, 0.29) is 0 Å². The molecule has 0 fully saturated rings. The average molecular weight is 288 g/mol. The van der Waals surface area contributed by atoms with Crippen LogP contribution >= 0.6 is 0 Å². The number of likely N-dealkylation sites (N-methyl/N-ethyl adjacent to an activating group) is 1. The second kappa shape index (κ2) is 7.24. The van der Waals surface area contributed by atoms with Gasteiger partial charge in [-0.1, -0.05) is 18.2 Å². The van der Waals surface area contributed by atoms with Crippen LogP contribution in [0, 0.1) is 6.92 Å². The summed E-state index contributed by atoms with van der Waals surface area (Å²) >= 11 is 0. The summed E-state index contributed by atoms with van der Waals surface area (Å²) in [7, 11) is 1.72. The number of anilines is 1. The molecule has 0 radical (unpaired) electrons. The highest BCUT2D eigenvalue weighted by molar-refractivity contribution is 5.55. The van der Waals surface area contributed by atoms with E-state index in [9.17, 15) is 0 Å². The van der Waals surface area contributed by atoms with Gasteiger partial charge in [-0.05, 0) is 26.0 Å². The Morgan fingerprint density at radius 1 is 1.29 bits per heavy atom. The van der Waals surface area contributed by atoms with Gasteiger partial charge in [0.05, 0.1) is 18.0 Å². The van der Waals surface area contributed by atoms with E-state index in [1.165, 1.54) is 0 Å². The zero-order chi connectivity index (χ0) is 15.2. The number of nitrogens with two attached hydrogens (primary N) is 1. The molecule has 0 atom stereocenters. The number of benzene rings is 1. The van der Waals surface area contributed by atoms with Crippen LogP contribution < -0.4 is 10.6 Å². The maximum absolute atomic E-state index is 5.95. The number of hydrogen-bond donors (Lipinski definition) is 1. The lowest BCUT2D eigenvalue weighted by atomic mass is 10.2. The first kappa shape index (κ1) is 15.5. The molecular weight excluding hydrogens is 264 g/mol. The van der Waals surface area contributed by atoms with Crippen LogP contribution in [0.1, 0.15) is 18.2 Å². The predicted molar refractivity (Wildman–Crippen MR) is 86.0 cm³/mol. The maximum Gasteiger partial charge on any atom is 0.137 e. The molecule has 0 aliphatic rings. The van der Waals surface area contributed by atoms with Crippen molar-refractivity contribution in [3.8, 4) is 5.69 Å². The zero-order valence-corrected chi connectivity index (χ0v) is 13.0. The third-order valence-corrected chi connectivity index (χ3v) is 3.61. The van der Waals surface area contributed by atoms with Gasteiger partial charge in [0.2, 0.25) is 0 Å². The van der Waals surface area contributed by atoms with Crippen LogP contribution in [0.15, 0.2) is 30.3 Å². The van der Waals surface area contributed by atoms with E-state index in [2.05, 4.69) is 29.1 Å². The van der Waals surface area contributed by atoms with E-state index in [4.69, 9.17) is 10.5 Å². The largest absolute Gasteiger partial charge is 0.383 e. The topological polar surface area (TPSA) is 56.3 Å². The zero-order valence-electron chi connectivity index (χ0n) is 13.0. The van der Waals surface area contributed by atoms with Gasteiger partial charge in [-0.3, -0.25) is 0 Å². The Morgan fingerprint density at radius 2 is 2.00 bits per heavy atom. The van der Waals surface area contributed by atoms with Crippen molar-refractivity contribution in [2.24, 2.45) is 5.73 Å². The molecule has 0 saturated carbocycles. The van der Waals surface area contributed by atoms with Crippen LogP contribution in [0.2, 0.25) is 0 Å². The third kappa shape index (κ3) is 3.25. The van der Waals surface area contributed by atoms with Crippen molar-refractivity contribution in [1.29, 1.82) is 0 Å². The van der Waals surface area contributed by atoms with E-state index in [0.29, 0.717) is 13.2 Å². The van der Waals surface area contributed by atoms with Crippen LogP contribution in [-0.4, -0.2) is 36.6 Å². The lowest BCUT2D eigenvalue weighted by Gasteiger charge is -2.25. The van der Waals surface area contributed by atoms with E-state index in [0.717, 1.165) is 35.9 Å². The van der Waals surface area contributed by atoms with Crippen molar-refractivity contribution in [2.75, 3.05) is 31.7 Å². The van der Waals surface area contributed by atoms with Crippen molar-refractivity contribution in [2.45, 2.75) is 20.4 Å². The summed E-state index contributed by atoms with van der Waals surface area (Å²) in [6, 6.07) is 10.2. The van der Waals surface area contributed by atoms with Crippen LogP contribution in [0.25, 0.3) is 5.69 Å². The minimum Gasteiger partial charge on any atom is -0.383 e. The monoisotopic (exact) mass is 288 g/mol. The molecule has 2 rings (SSSR count). The molecule has 0 spiro atoms. The first-order chi connectivity index (χ1) is 10.2. The minimum atomic E-state index is 0.484. The summed E-state index contributed by atoms with van der Waals surface area (Å²) in [4.78, 5) is 2.26. The molecule has 2 aromatic rings. The van der Waals surface area contributed by atoms with Crippen molar-refractivity contribution in [3.63, 3.8) is 0 Å². The molecular formula is C16H24N4O. The number of aryl methyl sites for hydroxylation is 1. The summed E-state index contributed by atoms with van der Waals surface area (Å²) in [5.74, 6) is 1.07. The summed E-state index contributed by atoms with van der Waals surface area (Å²) in [6.45, 7) is 7.00. The van der Waals surface area contributed by atoms with Crippen molar-refractivity contribution < 1.29 is 4.74 Å². The van der Waals surface area contributed by atoms with E-state index < -0.39 is 0 Å². The predicted octanol–water partition coefficient (Wildman–Crippen LogP) is 2.11. The smallest absolute Gasteiger partial charge is 0.137 e. The molecule has 2 N–H and O–H groups in total. The van der Waals surface area contributed by atoms with Crippen molar-refractivity contribution in [3.05, 3.63) is 41.6 Å². The van der Waals surface area contributed by atoms with Gasteiger partial charge in [0.1, 0.15) is 5.82 Å². The van der Waals surface area contributed by atoms with Crippen LogP contribution in [0.5, 0.6) is 0 Å². The molecule has 0 aliphatic carbocycles. The fourth-order valence-electron chi connectivity index (χ4n) is 2.48. The maximum atomic E-state index is 5.95. The Balaban J connectivity index is 2.50. The number of nitrogens with zero attached hydrogens (tertiary/aromatic N) is 3. The lowest BCUT2D eigenvalue weighted by molar-refractivity contribution is 0.205. The fourth-order valence-corrected chi connectivity index (χ4v) is 2.48. The van der Waals surface area contributed by atoms with E-state index in [1.54, 1.807) is 7.11 Å². The summed E-state index contributed by atoms with van der Waals surface area (Å²) < 4.78 is 7.20. The Labute approximate surface area is 126 Å². The van der Waals surface area contributed by atoms with E-state index >= 15 is 0 Å². The molecule has 0 aliphatic heterocycles. The molecule has 0 saturated heterocycles. The Kier molecular flexibility index (Phi) is 5.36. The number of para-hydroxylation sites is 1. The molecule has 0 bridgehead atoms. The molecule has 5 heteroatoms. The average Bonchev–Trinajstić information content (AvgIpc) is 2.86. The number of rotatable bonds is 7. The van der Waals surface area contributed by atoms with Gasteiger partial charge in [0.15, 0.2) is 0 Å². The number of methoxy groups -OCH3 is 1. The van der Waals surface area contributed by atoms with Crippen LogP contribution in [0.3, 0.4) is 0 Å². The molecule has 5 nitrogen and oxygen atoms in total. The molecule has 114 valence electrons. The van der Waals surface area contributed by atoms with Crippen LogP contribution in [0.4, 0.5) is 5.82 Å². The highest BCUT2D eigenvalue weighted by Crippen LogP contribution is 2.26. The molecule has 0 unspecified atom stereocenters. The highest BCUT2D eigenvalue weighted by atomic mass is 16.5. The number of hydrogen-bond acceptors (Lipinski definition) is 4. The SMILES string of the molecule is CCN(CCOC)c1c(CN)c(C)nn1-c1ccccc1. The lowest BCUT2D eigenvalue weighted by Crippen LogP contribution is -2.30. The molecule has 21 heavy (non-hydrogen) atoms. The molecule has 1 aromatic heterocycles. The summed E-state index contributed by atoms with van der Waals surface area (Å²) in [6.07, 6.45) is 0. The molecule has 1 aromatic carbocycles. The second-order valence-corrected chi connectivity index (χ2v) is 4.91. The van der Waals surface area contributed by atoms with E-state index in [1.807, 2.05) is 29.8 Å². The second-order valence-electron chi connectivity index (χ2n) is 4.91. The normalized spacial score (nSPS) is 10.9. The fraction of sp³-hybridized carbons (Fsp3) is 0.438. The highest BCUT2D eigenvalue weighted by Gasteiger charge is 2.19. The van der Waals surface area contributed by atoms with Crippen molar-refractivity contribution >= 4 is 5.82 Å². The third-order valence-electron chi connectivity index (χ3n) is 3.61. The van der Waals surface area contributed by atoms with Crippen LogP contribution in [-0.2, 0) is 11.3 Å².